The second kappa shape index (κ2) is 8.62. The van der Waals surface area contributed by atoms with Crippen LogP contribution in [0.5, 0.6) is 5.75 Å². The third-order valence-corrected chi connectivity index (χ3v) is 5.12. The largest absolute Gasteiger partial charge is 0.508 e. The van der Waals surface area contributed by atoms with Gasteiger partial charge in [-0.3, -0.25) is 9.69 Å². The molecular formula is C22H17N3O3S. The third-order valence-electron chi connectivity index (χ3n) is 4.12. The van der Waals surface area contributed by atoms with Gasteiger partial charge in [0.15, 0.2) is 5.17 Å². The SMILES string of the molecule is O=C1/C(=C/c2ccccc2)S/C(=N/N=C\c2ccc(O)cc2)N1Cc1ccco1. The lowest BCUT2D eigenvalue weighted by Crippen LogP contribution is -2.28. The van der Waals surface area contributed by atoms with Crippen LogP contribution < -0.4 is 0 Å². The number of carbonyl (C=O) groups is 1. The van der Waals surface area contributed by atoms with Crippen molar-refractivity contribution >= 4 is 35.1 Å². The number of phenols is 1. The first-order valence-electron chi connectivity index (χ1n) is 8.88. The predicted octanol–water partition coefficient (Wildman–Crippen LogP) is 4.49. The molecule has 3 aromatic rings. The van der Waals surface area contributed by atoms with Gasteiger partial charge in [-0.25, -0.2) is 0 Å². The third kappa shape index (κ3) is 4.64. The van der Waals surface area contributed by atoms with Crippen LogP contribution in [0.1, 0.15) is 16.9 Å². The summed E-state index contributed by atoms with van der Waals surface area (Å²) in [5.74, 6) is 0.703. The first-order valence-corrected chi connectivity index (χ1v) is 9.69. The summed E-state index contributed by atoms with van der Waals surface area (Å²) in [4.78, 5) is 15.1. The van der Waals surface area contributed by atoms with Crippen molar-refractivity contribution in [2.24, 2.45) is 10.2 Å². The molecule has 29 heavy (non-hydrogen) atoms. The molecule has 1 aliphatic heterocycles. The number of hydrogen-bond donors (Lipinski definition) is 1. The first kappa shape index (κ1) is 18.8. The van der Waals surface area contributed by atoms with Crippen LogP contribution in [0.25, 0.3) is 6.08 Å². The number of benzene rings is 2. The summed E-state index contributed by atoms with van der Waals surface area (Å²) in [5, 5.41) is 18.2. The smallest absolute Gasteiger partial charge is 0.267 e. The van der Waals surface area contributed by atoms with Gasteiger partial charge in [-0.05, 0) is 65.4 Å². The van der Waals surface area contributed by atoms with Gasteiger partial charge in [0.2, 0.25) is 0 Å². The van der Waals surface area contributed by atoms with Crippen molar-refractivity contribution < 1.29 is 14.3 Å². The molecule has 1 saturated heterocycles. The second-order valence-corrected chi connectivity index (χ2v) is 7.22. The van der Waals surface area contributed by atoms with Gasteiger partial charge < -0.3 is 9.52 Å². The lowest BCUT2D eigenvalue weighted by atomic mass is 10.2. The number of amides is 1. The highest BCUT2D eigenvalue weighted by molar-refractivity contribution is 8.18. The summed E-state index contributed by atoms with van der Waals surface area (Å²) in [6, 6.07) is 19.9. The summed E-state index contributed by atoms with van der Waals surface area (Å²) in [6.07, 6.45) is 4.99. The van der Waals surface area contributed by atoms with E-state index in [1.165, 1.54) is 11.8 Å². The highest BCUT2D eigenvalue weighted by atomic mass is 32.2. The number of thioether (sulfide) groups is 1. The fourth-order valence-corrected chi connectivity index (χ4v) is 3.62. The van der Waals surface area contributed by atoms with Crippen molar-refractivity contribution in [3.05, 3.63) is 94.8 Å². The Morgan fingerprint density at radius 1 is 1.00 bits per heavy atom. The molecule has 7 heteroatoms. The van der Waals surface area contributed by atoms with E-state index in [4.69, 9.17) is 4.42 Å². The molecule has 144 valence electrons. The summed E-state index contributed by atoms with van der Waals surface area (Å²) in [7, 11) is 0. The molecule has 1 fully saturated rings. The van der Waals surface area contributed by atoms with Gasteiger partial charge in [0, 0.05) is 0 Å². The topological polar surface area (TPSA) is 78.4 Å². The van der Waals surface area contributed by atoms with Crippen LogP contribution in [0, 0.1) is 0 Å². The minimum absolute atomic E-state index is 0.145. The van der Waals surface area contributed by atoms with Gasteiger partial charge in [-0.1, -0.05) is 30.3 Å². The maximum Gasteiger partial charge on any atom is 0.267 e. The van der Waals surface area contributed by atoms with E-state index >= 15 is 0 Å². The monoisotopic (exact) mass is 403 g/mol. The van der Waals surface area contributed by atoms with E-state index < -0.39 is 0 Å². The van der Waals surface area contributed by atoms with Crippen molar-refractivity contribution in [2.75, 3.05) is 0 Å². The molecule has 1 N–H and O–H groups in total. The highest BCUT2D eigenvalue weighted by Crippen LogP contribution is 2.33. The number of hydrogen-bond acceptors (Lipinski definition) is 6. The molecule has 0 radical (unpaired) electrons. The molecule has 0 unspecified atom stereocenters. The Bertz CT molecular complexity index is 1070. The highest BCUT2D eigenvalue weighted by Gasteiger charge is 2.34. The van der Waals surface area contributed by atoms with E-state index in [0.717, 1.165) is 11.1 Å². The maximum atomic E-state index is 13.0. The Labute approximate surface area is 171 Å². The predicted molar refractivity (Wildman–Crippen MR) is 114 cm³/mol. The number of nitrogens with zero attached hydrogens (tertiary/aromatic N) is 3. The summed E-state index contributed by atoms with van der Waals surface area (Å²) < 4.78 is 5.39. The molecule has 6 nitrogen and oxygen atoms in total. The lowest BCUT2D eigenvalue weighted by Gasteiger charge is -2.12. The van der Waals surface area contributed by atoms with Crippen molar-refractivity contribution in [3.8, 4) is 5.75 Å². The first-order chi connectivity index (χ1) is 14.2. The minimum Gasteiger partial charge on any atom is -0.508 e. The Morgan fingerprint density at radius 3 is 2.52 bits per heavy atom. The Morgan fingerprint density at radius 2 is 1.79 bits per heavy atom. The van der Waals surface area contributed by atoms with E-state index in [2.05, 4.69) is 10.2 Å². The lowest BCUT2D eigenvalue weighted by molar-refractivity contribution is -0.122. The van der Waals surface area contributed by atoms with E-state index in [0.29, 0.717) is 15.8 Å². The molecule has 2 aromatic carbocycles. The molecule has 0 aliphatic carbocycles. The molecule has 2 heterocycles. The molecule has 4 rings (SSSR count). The molecule has 0 saturated carbocycles. The number of amidine groups is 1. The van der Waals surface area contributed by atoms with Crippen LogP contribution in [-0.2, 0) is 11.3 Å². The fraction of sp³-hybridized carbons (Fsp3) is 0.0455. The Balaban J connectivity index is 1.60. The van der Waals surface area contributed by atoms with Crippen LogP contribution in [-0.4, -0.2) is 27.3 Å². The van der Waals surface area contributed by atoms with Crippen molar-refractivity contribution in [2.45, 2.75) is 6.54 Å². The zero-order valence-electron chi connectivity index (χ0n) is 15.3. The van der Waals surface area contributed by atoms with Crippen molar-refractivity contribution in [3.63, 3.8) is 0 Å². The molecular weight excluding hydrogens is 386 g/mol. The number of rotatable bonds is 5. The number of furan rings is 1. The molecule has 0 atom stereocenters. The van der Waals surface area contributed by atoms with E-state index in [9.17, 15) is 9.90 Å². The molecule has 1 aromatic heterocycles. The molecule has 0 spiro atoms. The maximum absolute atomic E-state index is 13.0. The Hall–Kier alpha value is -3.58. The second-order valence-electron chi connectivity index (χ2n) is 6.21. The van der Waals surface area contributed by atoms with Crippen molar-refractivity contribution in [1.29, 1.82) is 0 Å². The van der Waals surface area contributed by atoms with Crippen LogP contribution in [0.2, 0.25) is 0 Å². The van der Waals surface area contributed by atoms with Crippen LogP contribution in [0.3, 0.4) is 0 Å². The molecule has 1 amide bonds. The van der Waals surface area contributed by atoms with Gasteiger partial charge in [0.05, 0.1) is 23.9 Å². The van der Waals surface area contributed by atoms with Crippen molar-refractivity contribution in [1.82, 2.24) is 4.90 Å². The van der Waals surface area contributed by atoms with Gasteiger partial charge in [-0.2, -0.15) is 5.10 Å². The number of phenolic OH excluding ortho intramolecular Hbond substituents is 1. The van der Waals surface area contributed by atoms with Gasteiger partial charge in [-0.15, -0.1) is 5.10 Å². The standard InChI is InChI=1S/C22H17N3O3S/c26-18-10-8-17(9-11-18)14-23-24-22-25(15-19-7-4-12-28-19)21(27)20(29-22)13-16-5-2-1-3-6-16/h1-14,26H,15H2/b20-13-,23-14-,24-22+. The van der Waals surface area contributed by atoms with Crippen LogP contribution >= 0.6 is 11.8 Å². The summed E-state index contributed by atoms with van der Waals surface area (Å²) >= 11 is 1.27. The number of aromatic hydroxyl groups is 1. The average Bonchev–Trinajstić information content (AvgIpc) is 3.35. The minimum atomic E-state index is -0.145. The zero-order valence-corrected chi connectivity index (χ0v) is 16.1. The van der Waals surface area contributed by atoms with Crippen LogP contribution in [0.4, 0.5) is 0 Å². The average molecular weight is 403 g/mol. The summed E-state index contributed by atoms with van der Waals surface area (Å²) in [6.45, 7) is 0.276. The summed E-state index contributed by atoms with van der Waals surface area (Å²) in [5.41, 5.74) is 1.73. The number of carbonyl (C=O) groups excluding carboxylic acids is 1. The fourth-order valence-electron chi connectivity index (χ4n) is 2.69. The Kier molecular flexibility index (Phi) is 5.58. The van der Waals surface area contributed by atoms with E-state index in [-0.39, 0.29) is 18.2 Å². The van der Waals surface area contributed by atoms with Gasteiger partial charge >= 0.3 is 0 Å². The van der Waals surface area contributed by atoms with E-state index in [1.54, 1.807) is 47.7 Å². The molecule has 1 aliphatic rings. The molecule has 0 bridgehead atoms. The van der Waals surface area contributed by atoms with Gasteiger partial charge in [0.1, 0.15) is 11.5 Å². The van der Waals surface area contributed by atoms with Crippen LogP contribution in [0.15, 0.2) is 92.5 Å². The normalized spacial score (nSPS) is 17.1. The van der Waals surface area contributed by atoms with E-state index in [1.807, 2.05) is 42.5 Å². The van der Waals surface area contributed by atoms with Gasteiger partial charge in [0.25, 0.3) is 5.91 Å². The zero-order chi connectivity index (χ0) is 20.1. The quantitative estimate of drug-likeness (QED) is 0.387.